The molecule has 6 nitrogen and oxygen atoms in total. The Bertz CT molecular complexity index is 1210. The number of methoxy groups -OCH3 is 1. The Kier molecular flexibility index (Phi) is 5.42. The summed E-state index contributed by atoms with van der Waals surface area (Å²) in [6, 6.07) is 12.7. The second-order valence-electron chi connectivity index (χ2n) is 7.88. The molecule has 0 bridgehead atoms. The summed E-state index contributed by atoms with van der Waals surface area (Å²) >= 11 is 0. The van der Waals surface area contributed by atoms with Gasteiger partial charge in [0.05, 0.1) is 17.6 Å². The molecule has 0 radical (unpaired) electrons. The molecule has 158 valence electrons. The third-order valence-electron chi connectivity index (χ3n) is 5.98. The summed E-state index contributed by atoms with van der Waals surface area (Å²) in [6.07, 6.45) is 3.66. The van der Waals surface area contributed by atoms with Crippen molar-refractivity contribution in [1.29, 1.82) is 0 Å². The Balaban J connectivity index is 1.59. The molecule has 3 aromatic rings. The minimum absolute atomic E-state index is 0.0103. The number of piperidine rings is 1. The number of esters is 1. The average Bonchev–Trinajstić information content (AvgIpc) is 3.08. The lowest BCUT2D eigenvalue weighted by Gasteiger charge is -2.31. The van der Waals surface area contributed by atoms with Gasteiger partial charge in [0, 0.05) is 37.2 Å². The van der Waals surface area contributed by atoms with Crippen molar-refractivity contribution in [2.75, 3.05) is 20.2 Å². The SMILES string of the molecule is COC(=O)c1ccccc1S(=O)(=O)N1CCC(c2cn(C)c3ccc(C)cc23)CC1. The molecule has 30 heavy (non-hydrogen) atoms. The Morgan fingerprint density at radius 3 is 2.50 bits per heavy atom. The summed E-state index contributed by atoms with van der Waals surface area (Å²) in [5.41, 5.74) is 3.77. The van der Waals surface area contributed by atoms with E-state index >= 15 is 0 Å². The number of ether oxygens (including phenoxy) is 1. The maximum absolute atomic E-state index is 13.2. The first kappa shape index (κ1) is 20.6. The number of hydrogen-bond donors (Lipinski definition) is 0. The second kappa shape index (κ2) is 7.89. The van der Waals surface area contributed by atoms with Gasteiger partial charge >= 0.3 is 5.97 Å². The van der Waals surface area contributed by atoms with Crippen molar-refractivity contribution in [1.82, 2.24) is 8.87 Å². The van der Waals surface area contributed by atoms with E-state index in [1.165, 1.54) is 45.6 Å². The molecular formula is C23H26N2O4S. The van der Waals surface area contributed by atoms with Crippen LogP contribution in [0.5, 0.6) is 0 Å². The molecule has 1 aromatic heterocycles. The molecule has 0 amide bonds. The van der Waals surface area contributed by atoms with Crippen LogP contribution in [0.25, 0.3) is 10.9 Å². The zero-order valence-electron chi connectivity index (χ0n) is 17.5. The van der Waals surface area contributed by atoms with Crippen LogP contribution in [0.2, 0.25) is 0 Å². The lowest BCUT2D eigenvalue weighted by atomic mass is 9.90. The van der Waals surface area contributed by atoms with E-state index in [0.29, 0.717) is 19.0 Å². The first-order valence-corrected chi connectivity index (χ1v) is 11.5. The first-order chi connectivity index (χ1) is 14.3. The van der Waals surface area contributed by atoms with Gasteiger partial charge in [0.15, 0.2) is 0 Å². The fourth-order valence-corrected chi connectivity index (χ4v) is 6.03. The number of aryl methyl sites for hydroxylation is 2. The Morgan fingerprint density at radius 2 is 1.80 bits per heavy atom. The molecule has 1 saturated heterocycles. The third kappa shape index (κ3) is 3.52. The van der Waals surface area contributed by atoms with E-state index in [9.17, 15) is 13.2 Å². The standard InChI is InChI=1S/C23H26N2O4S/c1-16-8-9-21-19(14-16)20(15-24(21)2)17-10-12-25(13-11-17)30(27,28)22-7-5-4-6-18(22)23(26)29-3/h4-9,14-15,17H,10-13H2,1-3H3. The number of carbonyl (C=O) groups excluding carboxylic acids is 1. The second-order valence-corrected chi connectivity index (χ2v) is 9.79. The Hall–Kier alpha value is -2.64. The van der Waals surface area contributed by atoms with Crippen LogP contribution in [-0.2, 0) is 21.8 Å². The maximum Gasteiger partial charge on any atom is 0.339 e. The van der Waals surface area contributed by atoms with Crippen molar-refractivity contribution in [3.63, 3.8) is 0 Å². The highest BCUT2D eigenvalue weighted by Gasteiger charge is 2.33. The van der Waals surface area contributed by atoms with Crippen molar-refractivity contribution in [2.45, 2.75) is 30.6 Å². The van der Waals surface area contributed by atoms with Crippen LogP contribution in [0.1, 0.15) is 40.2 Å². The van der Waals surface area contributed by atoms with Crippen molar-refractivity contribution in [2.24, 2.45) is 7.05 Å². The van der Waals surface area contributed by atoms with E-state index < -0.39 is 16.0 Å². The molecule has 2 heterocycles. The highest BCUT2D eigenvalue weighted by molar-refractivity contribution is 7.89. The number of carbonyl (C=O) groups is 1. The summed E-state index contributed by atoms with van der Waals surface area (Å²) in [6.45, 7) is 2.93. The lowest BCUT2D eigenvalue weighted by molar-refractivity contribution is 0.0596. The van der Waals surface area contributed by atoms with Gasteiger partial charge in [-0.05, 0) is 55.5 Å². The Labute approximate surface area is 177 Å². The predicted molar refractivity (Wildman–Crippen MR) is 116 cm³/mol. The van der Waals surface area contributed by atoms with Crippen LogP contribution in [0.3, 0.4) is 0 Å². The summed E-state index contributed by atoms with van der Waals surface area (Å²) < 4.78 is 34.9. The fraction of sp³-hybridized carbons (Fsp3) is 0.348. The quantitative estimate of drug-likeness (QED) is 0.595. The number of aromatic nitrogens is 1. The molecule has 4 rings (SSSR count). The topological polar surface area (TPSA) is 68.6 Å². The molecule has 0 atom stereocenters. The zero-order chi connectivity index (χ0) is 21.5. The van der Waals surface area contributed by atoms with E-state index in [1.807, 2.05) is 7.05 Å². The maximum atomic E-state index is 13.2. The van der Waals surface area contributed by atoms with Gasteiger partial charge in [-0.2, -0.15) is 4.31 Å². The molecule has 1 aliphatic heterocycles. The van der Waals surface area contributed by atoms with Crippen LogP contribution in [0.4, 0.5) is 0 Å². The van der Waals surface area contributed by atoms with Gasteiger partial charge in [0.25, 0.3) is 0 Å². The molecule has 7 heteroatoms. The van der Waals surface area contributed by atoms with E-state index in [1.54, 1.807) is 12.1 Å². The van der Waals surface area contributed by atoms with Crippen LogP contribution < -0.4 is 0 Å². The Morgan fingerprint density at radius 1 is 1.10 bits per heavy atom. The lowest BCUT2D eigenvalue weighted by Crippen LogP contribution is -2.38. The fourth-order valence-electron chi connectivity index (χ4n) is 4.38. The van der Waals surface area contributed by atoms with Crippen molar-refractivity contribution < 1.29 is 17.9 Å². The smallest absolute Gasteiger partial charge is 0.339 e. The molecule has 0 aliphatic carbocycles. The number of sulfonamides is 1. The van der Waals surface area contributed by atoms with E-state index in [0.717, 1.165) is 12.8 Å². The summed E-state index contributed by atoms with van der Waals surface area (Å²) in [5.74, 6) is -0.340. The van der Waals surface area contributed by atoms with E-state index in [-0.39, 0.29) is 10.5 Å². The molecular weight excluding hydrogens is 400 g/mol. The zero-order valence-corrected chi connectivity index (χ0v) is 18.3. The number of hydrogen-bond acceptors (Lipinski definition) is 4. The molecule has 0 N–H and O–H groups in total. The van der Waals surface area contributed by atoms with Crippen molar-refractivity contribution in [3.8, 4) is 0 Å². The molecule has 1 fully saturated rings. The number of rotatable bonds is 4. The van der Waals surface area contributed by atoms with Gasteiger partial charge < -0.3 is 9.30 Å². The molecule has 0 saturated carbocycles. The highest BCUT2D eigenvalue weighted by Crippen LogP contribution is 2.36. The predicted octanol–water partition coefficient (Wildman–Crippen LogP) is 3.84. The van der Waals surface area contributed by atoms with E-state index in [2.05, 4.69) is 35.9 Å². The third-order valence-corrected chi connectivity index (χ3v) is 7.94. The van der Waals surface area contributed by atoms with Crippen molar-refractivity contribution in [3.05, 3.63) is 65.4 Å². The van der Waals surface area contributed by atoms with Crippen LogP contribution in [-0.4, -0.2) is 43.5 Å². The van der Waals surface area contributed by atoms with Gasteiger partial charge in [-0.15, -0.1) is 0 Å². The normalized spacial score (nSPS) is 16.1. The minimum atomic E-state index is -3.77. The summed E-state index contributed by atoms with van der Waals surface area (Å²) in [7, 11) is -0.471. The van der Waals surface area contributed by atoms with Gasteiger partial charge in [0.1, 0.15) is 0 Å². The van der Waals surface area contributed by atoms with Crippen LogP contribution in [0.15, 0.2) is 53.6 Å². The molecule has 1 aliphatic rings. The summed E-state index contributed by atoms with van der Waals surface area (Å²) in [5, 5.41) is 1.25. The van der Waals surface area contributed by atoms with Gasteiger partial charge in [-0.1, -0.05) is 23.8 Å². The first-order valence-electron chi connectivity index (χ1n) is 10.1. The minimum Gasteiger partial charge on any atom is -0.465 e. The molecule has 2 aromatic carbocycles. The van der Waals surface area contributed by atoms with Gasteiger partial charge in [-0.25, -0.2) is 13.2 Å². The van der Waals surface area contributed by atoms with Gasteiger partial charge in [0.2, 0.25) is 10.0 Å². The number of benzene rings is 2. The number of fused-ring (bicyclic) bond motifs is 1. The largest absolute Gasteiger partial charge is 0.465 e. The average molecular weight is 427 g/mol. The van der Waals surface area contributed by atoms with E-state index in [4.69, 9.17) is 4.74 Å². The van der Waals surface area contributed by atoms with Crippen molar-refractivity contribution >= 4 is 26.9 Å². The monoisotopic (exact) mass is 426 g/mol. The van der Waals surface area contributed by atoms with Crippen LogP contribution >= 0.6 is 0 Å². The van der Waals surface area contributed by atoms with Gasteiger partial charge in [-0.3, -0.25) is 0 Å². The van der Waals surface area contributed by atoms with Crippen LogP contribution in [0, 0.1) is 6.92 Å². The molecule has 0 unspecified atom stereocenters. The highest BCUT2D eigenvalue weighted by atomic mass is 32.2. The molecule has 0 spiro atoms. The number of nitrogens with zero attached hydrogens (tertiary/aromatic N) is 2. The summed E-state index contributed by atoms with van der Waals surface area (Å²) in [4.78, 5) is 12.1.